The molecule has 10 heteroatoms. The predicted molar refractivity (Wildman–Crippen MR) is 112 cm³/mol. The lowest BCUT2D eigenvalue weighted by atomic mass is 9.99. The van der Waals surface area contributed by atoms with Gasteiger partial charge in [0, 0.05) is 10.0 Å². The van der Waals surface area contributed by atoms with Gasteiger partial charge in [0.25, 0.3) is 5.56 Å². The molecule has 5 N–H and O–H groups in total. The molecule has 1 aliphatic rings. The van der Waals surface area contributed by atoms with Crippen molar-refractivity contribution in [3.63, 3.8) is 0 Å². The summed E-state index contributed by atoms with van der Waals surface area (Å²) in [5, 5.41) is 40.2. The van der Waals surface area contributed by atoms with E-state index < -0.39 is 42.8 Å². The van der Waals surface area contributed by atoms with Gasteiger partial charge < -0.3 is 25.2 Å². The van der Waals surface area contributed by atoms with Crippen molar-refractivity contribution < 1.29 is 25.2 Å². The first-order valence-corrected chi connectivity index (χ1v) is 10.0. The molecule has 0 amide bonds. The van der Waals surface area contributed by atoms with Crippen LogP contribution < -0.4 is 11.0 Å². The Hall–Kier alpha value is -2.34. The van der Waals surface area contributed by atoms with Crippen LogP contribution in [0.15, 0.2) is 57.8 Å². The van der Waals surface area contributed by atoms with Gasteiger partial charge in [-0.2, -0.15) is 0 Å². The number of nitrogens with one attached hydrogen (secondary N) is 1. The van der Waals surface area contributed by atoms with Crippen LogP contribution in [0.25, 0.3) is 22.3 Å². The molecule has 1 aliphatic heterocycles. The Morgan fingerprint density at radius 2 is 1.73 bits per heavy atom. The van der Waals surface area contributed by atoms with Crippen molar-refractivity contribution in [2.45, 2.75) is 30.6 Å². The fourth-order valence-corrected chi connectivity index (χ4v) is 3.64. The molecular formula is C20H20BrN3O6. The van der Waals surface area contributed by atoms with Gasteiger partial charge in [0.2, 0.25) is 0 Å². The van der Waals surface area contributed by atoms with Crippen molar-refractivity contribution in [1.29, 1.82) is 0 Å². The molecule has 4 rings (SSSR count). The Bertz CT molecular complexity index is 1100. The molecule has 0 radical (unpaired) electrons. The van der Waals surface area contributed by atoms with Gasteiger partial charge in [0.05, 0.1) is 17.5 Å². The van der Waals surface area contributed by atoms with Gasteiger partial charge in [-0.05, 0) is 24.3 Å². The number of hydrogen-bond donors (Lipinski definition) is 5. The zero-order valence-electron chi connectivity index (χ0n) is 15.6. The van der Waals surface area contributed by atoms with Gasteiger partial charge in [0.1, 0.15) is 24.4 Å². The topological polar surface area (TPSA) is 137 Å². The number of hydrogen-bond acceptors (Lipinski definition) is 8. The maximum Gasteiger partial charge on any atom is 0.280 e. The molecule has 2 aromatic carbocycles. The molecular weight excluding hydrogens is 458 g/mol. The largest absolute Gasteiger partial charge is 0.394 e. The Morgan fingerprint density at radius 3 is 2.43 bits per heavy atom. The number of halogens is 1. The SMILES string of the molecule is O=c1c2ccccc2nc(-c2ccc(Br)cc2)n1N[C@@H]1O[C@H](CO)[C@@H](O)[C@H](O)[C@H]1O. The summed E-state index contributed by atoms with van der Waals surface area (Å²) < 4.78 is 7.48. The second-order valence-corrected chi connectivity index (χ2v) is 7.89. The van der Waals surface area contributed by atoms with E-state index in [1.54, 1.807) is 48.5 Å². The molecule has 0 aliphatic carbocycles. The number of nitrogens with zero attached hydrogens (tertiary/aromatic N) is 2. The molecule has 0 bridgehead atoms. The smallest absolute Gasteiger partial charge is 0.280 e. The summed E-state index contributed by atoms with van der Waals surface area (Å²) in [4.78, 5) is 17.8. The Kier molecular flexibility index (Phi) is 5.87. The van der Waals surface area contributed by atoms with Crippen molar-refractivity contribution in [1.82, 2.24) is 9.66 Å². The fraction of sp³-hybridized carbons (Fsp3) is 0.300. The van der Waals surface area contributed by atoms with E-state index in [0.29, 0.717) is 16.5 Å². The van der Waals surface area contributed by atoms with Crippen molar-refractivity contribution in [3.8, 4) is 11.4 Å². The predicted octanol–water partition coefficient (Wildman–Crippen LogP) is 0.169. The summed E-state index contributed by atoms with van der Waals surface area (Å²) >= 11 is 3.37. The van der Waals surface area contributed by atoms with Gasteiger partial charge >= 0.3 is 0 Å². The lowest BCUT2D eigenvalue weighted by molar-refractivity contribution is -0.224. The van der Waals surface area contributed by atoms with E-state index in [1.807, 2.05) is 0 Å². The lowest BCUT2D eigenvalue weighted by Crippen LogP contribution is -2.62. The van der Waals surface area contributed by atoms with E-state index in [9.17, 15) is 25.2 Å². The quantitative estimate of drug-likeness (QED) is 0.358. The number of para-hydroxylation sites is 1. The minimum absolute atomic E-state index is 0.267. The number of rotatable bonds is 4. The van der Waals surface area contributed by atoms with Gasteiger partial charge in [-0.15, -0.1) is 0 Å². The number of aliphatic hydroxyl groups excluding tert-OH is 4. The molecule has 9 nitrogen and oxygen atoms in total. The molecule has 3 aromatic rings. The van der Waals surface area contributed by atoms with E-state index in [2.05, 4.69) is 26.3 Å². The first kappa shape index (κ1) is 20.9. The maximum atomic E-state index is 13.2. The summed E-state index contributed by atoms with van der Waals surface area (Å²) in [7, 11) is 0. The van der Waals surface area contributed by atoms with Gasteiger partial charge in [0.15, 0.2) is 12.1 Å². The first-order valence-electron chi connectivity index (χ1n) is 9.25. The summed E-state index contributed by atoms with van der Waals surface area (Å²) in [5.74, 6) is 0.267. The highest BCUT2D eigenvalue weighted by Gasteiger charge is 2.44. The van der Waals surface area contributed by atoms with Gasteiger partial charge in [-0.3, -0.25) is 10.2 Å². The van der Waals surface area contributed by atoms with Crippen molar-refractivity contribution in [2.75, 3.05) is 12.0 Å². The third-order valence-electron chi connectivity index (χ3n) is 5.03. The monoisotopic (exact) mass is 477 g/mol. The Morgan fingerprint density at radius 1 is 1.03 bits per heavy atom. The van der Waals surface area contributed by atoms with Crippen LogP contribution in [-0.2, 0) is 4.74 Å². The lowest BCUT2D eigenvalue weighted by Gasteiger charge is -2.40. The minimum Gasteiger partial charge on any atom is -0.394 e. The third kappa shape index (κ3) is 3.73. The van der Waals surface area contributed by atoms with E-state index in [1.165, 1.54) is 0 Å². The zero-order valence-corrected chi connectivity index (χ0v) is 17.2. The summed E-state index contributed by atoms with van der Waals surface area (Å²) in [6.45, 7) is -0.576. The molecule has 158 valence electrons. The molecule has 2 heterocycles. The van der Waals surface area contributed by atoms with Crippen LogP contribution in [0, 0.1) is 0 Å². The number of aromatic nitrogens is 2. The highest BCUT2D eigenvalue weighted by atomic mass is 79.9. The first-order chi connectivity index (χ1) is 14.4. The zero-order chi connectivity index (χ0) is 21.4. The molecule has 1 aromatic heterocycles. The van der Waals surface area contributed by atoms with Crippen LogP contribution in [0.1, 0.15) is 0 Å². The van der Waals surface area contributed by atoms with Crippen LogP contribution in [0.4, 0.5) is 0 Å². The highest BCUT2D eigenvalue weighted by Crippen LogP contribution is 2.23. The van der Waals surface area contributed by atoms with Crippen LogP contribution in [0.3, 0.4) is 0 Å². The molecule has 5 atom stereocenters. The number of aliphatic hydroxyl groups is 4. The molecule has 0 unspecified atom stereocenters. The molecule has 30 heavy (non-hydrogen) atoms. The average Bonchev–Trinajstić information content (AvgIpc) is 2.76. The molecule has 1 fully saturated rings. The Balaban J connectivity index is 1.83. The van der Waals surface area contributed by atoms with E-state index in [0.717, 1.165) is 9.15 Å². The second kappa shape index (κ2) is 8.42. The van der Waals surface area contributed by atoms with Crippen LogP contribution in [0.5, 0.6) is 0 Å². The van der Waals surface area contributed by atoms with Crippen LogP contribution in [-0.4, -0.2) is 67.3 Å². The van der Waals surface area contributed by atoms with Crippen molar-refractivity contribution in [3.05, 3.63) is 63.4 Å². The number of ether oxygens (including phenoxy) is 1. The second-order valence-electron chi connectivity index (χ2n) is 6.98. The number of fused-ring (bicyclic) bond motifs is 1. The fourth-order valence-electron chi connectivity index (χ4n) is 3.38. The van der Waals surface area contributed by atoms with E-state index in [-0.39, 0.29) is 5.82 Å². The summed E-state index contributed by atoms with van der Waals surface area (Å²) in [6.07, 6.45) is -7.02. The van der Waals surface area contributed by atoms with Crippen LogP contribution in [0.2, 0.25) is 0 Å². The third-order valence-corrected chi connectivity index (χ3v) is 5.56. The van der Waals surface area contributed by atoms with E-state index in [4.69, 9.17) is 4.74 Å². The van der Waals surface area contributed by atoms with Crippen molar-refractivity contribution in [2.24, 2.45) is 0 Å². The normalized spacial score (nSPS) is 26.6. The van der Waals surface area contributed by atoms with Crippen LogP contribution >= 0.6 is 15.9 Å². The van der Waals surface area contributed by atoms with Crippen molar-refractivity contribution >= 4 is 26.8 Å². The van der Waals surface area contributed by atoms with Gasteiger partial charge in [-0.1, -0.05) is 40.2 Å². The highest BCUT2D eigenvalue weighted by molar-refractivity contribution is 9.10. The standard InChI is InChI=1S/C20H20BrN3O6/c21-11-7-5-10(6-8-11)18-22-13-4-2-1-3-12(13)20(29)24(18)23-19-17(28)16(27)15(26)14(9-25)30-19/h1-8,14-17,19,23,25-28H,9H2/t14-,15-,16+,17-,19-/m1/s1. The Labute approximate surface area is 179 Å². The number of benzene rings is 2. The summed E-state index contributed by atoms with van der Waals surface area (Å²) in [5.41, 5.74) is 3.44. The molecule has 1 saturated heterocycles. The summed E-state index contributed by atoms with van der Waals surface area (Å²) in [6, 6.07) is 14.0. The van der Waals surface area contributed by atoms with E-state index >= 15 is 0 Å². The maximum absolute atomic E-state index is 13.2. The molecule has 0 spiro atoms. The molecule has 0 saturated carbocycles. The van der Waals surface area contributed by atoms with Gasteiger partial charge in [-0.25, -0.2) is 9.66 Å². The average molecular weight is 478 g/mol. The minimum atomic E-state index is -1.58.